The summed E-state index contributed by atoms with van der Waals surface area (Å²) in [5.74, 6) is 0.173. The molecule has 1 aromatic carbocycles. The topological polar surface area (TPSA) is 40.5 Å². The lowest BCUT2D eigenvalue weighted by Gasteiger charge is -2.38. The van der Waals surface area contributed by atoms with Gasteiger partial charge in [-0.1, -0.05) is 12.1 Å². The SMILES string of the molecule is O=C(C1CC1)N1CCC(O)(c2ccc(F)cc2)CC1. The molecule has 0 unspecified atom stereocenters. The second-order valence-corrected chi connectivity index (χ2v) is 5.64. The average Bonchev–Trinajstić information content (AvgIpc) is 3.24. The largest absolute Gasteiger partial charge is 0.385 e. The van der Waals surface area contributed by atoms with Crippen LogP contribution in [0, 0.1) is 11.7 Å². The first-order valence-electron chi connectivity index (χ1n) is 6.86. The molecule has 0 radical (unpaired) electrons. The van der Waals surface area contributed by atoms with Crippen molar-refractivity contribution in [3.05, 3.63) is 35.6 Å². The van der Waals surface area contributed by atoms with Crippen molar-refractivity contribution in [3.8, 4) is 0 Å². The smallest absolute Gasteiger partial charge is 0.225 e. The predicted octanol–water partition coefficient (Wildman–Crippen LogP) is 2.05. The van der Waals surface area contributed by atoms with E-state index in [1.165, 1.54) is 12.1 Å². The molecule has 2 aliphatic rings. The minimum absolute atomic E-state index is 0.233. The van der Waals surface area contributed by atoms with Crippen LogP contribution in [0.25, 0.3) is 0 Å². The maximum Gasteiger partial charge on any atom is 0.225 e. The minimum atomic E-state index is -0.923. The summed E-state index contributed by atoms with van der Waals surface area (Å²) in [5, 5.41) is 10.6. The van der Waals surface area contributed by atoms with Crippen LogP contribution in [-0.4, -0.2) is 29.0 Å². The Morgan fingerprint density at radius 3 is 2.32 bits per heavy atom. The number of piperidine rings is 1. The molecule has 0 spiro atoms. The van der Waals surface area contributed by atoms with Crippen molar-refractivity contribution in [2.24, 2.45) is 5.92 Å². The lowest BCUT2D eigenvalue weighted by molar-refractivity contribution is -0.137. The van der Waals surface area contributed by atoms with Gasteiger partial charge in [0.05, 0.1) is 5.60 Å². The Hall–Kier alpha value is -1.42. The molecule has 4 heteroatoms. The third-order valence-electron chi connectivity index (χ3n) is 4.21. The monoisotopic (exact) mass is 263 g/mol. The molecule has 3 nitrogen and oxygen atoms in total. The molecule has 1 heterocycles. The maximum absolute atomic E-state index is 12.9. The molecule has 1 saturated heterocycles. The van der Waals surface area contributed by atoms with E-state index in [4.69, 9.17) is 0 Å². The molecule has 1 amide bonds. The molecule has 3 rings (SSSR count). The molecule has 1 aliphatic heterocycles. The Labute approximate surface area is 112 Å². The van der Waals surface area contributed by atoms with Gasteiger partial charge in [0.2, 0.25) is 5.91 Å². The van der Waals surface area contributed by atoms with E-state index in [1.807, 2.05) is 4.90 Å². The Bertz CT molecular complexity index is 473. The van der Waals surface area contributed by atoms with E-state index >= 15 is 0 Å². The van der Waals surface area contributed by atoms with Gasteiger partial charge in [-0.05, 0) is 43.4 Å². The molecular weight excluding hydrogens is 245 g/mol. The van der Waals surface area contributed by atoms with Crippen molar-refractivity contribution in [1.82, 2.24) is 4.90 Å². The van der Waals surface area contributed by atoms with Gasteiger partial charge in [0, 0.05) is 19.0 Å². The lowest BCUT2D eigenvalue weighted by atomic mass is 9.84. The van der Waals surface area contributed by atoms with Crippen LogP contribution >= 0.6 is 0 Å². The highest BCUT2D eigenvalue weighted by Crippen LogP contribution is 2.36. The van der Waals surface area contributed by atoms with Gasteiger partial charge in [-0.15, -0.1) is 0 Å². The molecule has 1 saturated carbocycles. The number of nitrogens with zero attached hydrogens (tertiary/aromatic N) is 1. The Morgan fingerprint density at radius 1 is 1.21 bits per heavy atom. The zero-order chi connectivity index (χ0) is 13.5. The quantitative estimate of drug-likeness (QED) is 0.887. The third kappa shape index (κ3) is 2.50. The number of halogens is 1. The normalized spacial score (nSPS) is 22.3. The molecule has 102 valence electrons. The summed E-state index contributed by atoms with van der Waals surface area (Å²) in [4.78, 5) is 13.8. The van der Waals surface area contributed by atoms with Gasteiger partial charge in [-0.25, -0.2) is 4.39 Å². The number of benzene rings is 1. The van der Waals surface area contributed by atoms with E-state index in [0.29, 0.717) is 25.9 Å². The zero-order valence-corrected chi connectivity index (χ0v) is 10.8. The molecular formula is C15H18FNO2. The van der Waals surface area contributed by atoms with Crippen LogP contribution in [0.1, 0.15) is 31.2 Å². The summed E-state index contributed by atoms with van der Waals surface area (Å²) in [7, 11) is 0. The van der Waals surface area contributed by atoms with Crippen LogP contribution in [0.15, 0.2) is 24.3 Å². The van der Waals surface area contributed by atoms with Crippen LogP contribution in [0.5, 0.6) is 0 Å². The molecule has 1 aliphatic carbocycles. The number of likely N-dealkylation sites (tertiary alicyclic amines) is 1. The highest BCUT2D eigenvalue weighted by Gasteiger charge is 2.39. The van der Waals surface area contributed by atoms with Gasteiger partial charge in [-0.3, -0.25) is 4.79 Å². The fourth-order valence-corrected chi connectivity index (χ4v) is 2.73. The van der Waals surface area contributed by atoms with Gasteiger partial charge in [0.25, 0.3) is 0 Å². The van der Waals surface area contributed by atoms with Gasteiger partial charge in [-0.2, -0.15) is 0 Å². The second-order valence-electron chi connectivity index (χ2n) is 5.64. The van der Waals surface area contributed by atoms with Crippen molar-refractivity contribution in [2.75, 3.05) is 13.1 Å². The molecule has 0 aromatic heterocycles. The number of amides is 1. The Kier molecular flexibility index (Phi) is 3.05. The van der Waals surface area contributed by atoms with Crippen LogP contribution in [-0.2, 0) is 10.4 Å². The van der Waals surface area contributed by atoms with Crippen LogP contribution < -0.4 is 0 Å². The molecule has 0 atom stereocenters. The molecule has 1 N–H and O–H groups in total. The number of carbonyl (C=O) groups is 1. The van der Waals surface area contributed by atoms with E-state index in [1.54, 1.807) is 12.1 Å². The number of rotatable bonds is 2. The van der Waals surface area contributed by atoms with Crippen molar-refractivity contribution in [2.45, 2.75) is 31.3 Å². The summed E-state index contributed by atoms with van der Waals surface area (Å²) in [6.45, 7) is 1.17. The fourth-order valence-electron chi connectivity index (χ4n) is 2.73. The fraction of sp³-hybridized carbons (Fsp3) is 0.533. The minimum Gasteiger partial charge on any atom is -0.385 e. The first-order chi connectivity index (χ1) is 9.08. The van der Waals surface area contributed by atoms with E-state index in [2.05, 4.69) is 0 Å². The van der Waals surface area contributed by atoms with Crippen LogP contribution in [0.4, 0.5) is 4.39 Å². The Morgan fingerprint density at radius 2 is 1.79 bits per heavy atom. The molecule has 2 fully saturated rings. The number of hydrogen-bond acceptors (Lipinski definition) is 2. The van der Waals surface area contributed by atoms with Crippen molar-refractivity contribution >= 4 is 5.91 Å². The summed E-state index contributed by atoms with van der Waals surface area (Å²) in [6.07, 6.45) is 3.07. The highest BCUT2D eigenvalue weighted by molar-refractivity contribution is 5.81. The van der Waals surface area contributed by atoms with Crippen molar-refractivity contribution < 1.29 is 14.3 Å². The summed E-state index contributed by atoms with van der Waals surface area (Å²) < 4.78 is 12.9. The Balaban J connectivity index is 1.67. The van der Waals surface area contributed by atoms with Gasteiger partial charge < -0.3 is 10.0 Å². The van der Waals surface area contributed by atoms with E-state index in [9.17, 15) is 14.3 Å². The first-order valence-corrected chi connectivity index (χ1v) is 6.86. The summed E-state index contributed by atoms with van der Waals surface area (Å²) in [6, 6.07) is 6.01. The van der Waals surface area contributed by atoms with Gasteiger partial charge in [0.15, 0.2) is 0 Å². The third-order valence-corrected chi connectivity index (χ3v) is 4.21. The van der Waals surface area contributed by atoms with E-state index in [-0.39, 0.29) is 17.6 Å². The number of carbonyl (C=O) groups excluding carboxylic acids is 1. The van der Waals surface area contributed by atoms with Crippen LogP contribution in [0.2, 0.25) is 0 Å². The van der Waals surface area contributed by atoms with Gasteiger partial charge in [0.1, 0.15) is 5.82 Å². The summed E-state index contributed by atoms with van der Waals surface area (Å²) in [5.41, 5.74) is -0.180. The highest BCUT2D eigenvalue weighted by atomic mass is 19.1. The number of aliphatic hydroxyl groups is 1. The van der Waals surface area contributed by atoms with E-state index in [0.717, 1.165) is 18.4 Å². The van der Waals surface area contributed by atoms with Crippen LogP contribution in [0.3, 0.4) is 0 Å². The maximum atomic E-state index is 12.9. The summed E-state index contributed by atoms with van der Waals surface area (Å²) >= 11 is 0. The first kappa shape index (κ1) is 12.6. The molecule has 19 heavy (non-hydrogen) atoms. The second kappa shape index (κ2) is 4.60. The standard InChI is InChI=1S/C15H18FNO2/c16-13-5-3-12(4-6-13)15(19)7-9-17(10-8-15)14(18)11-1-2-11/h3-6,11,19H,1-2,7-10H2. The average molecular weight is 263 g/mol. The van der Waals surface area contributed by atoms with Gasteiger partial charge >= 0.3 is 0 Å². The van der Waals surface area contributed by atoms with E-state index < -0.39 is 5.60 Å². The molecule has 0 bridgehead atoms. The zero-order valence-electron chi connectivity index (χ0n) is 10.8. The number of hydrogen-bond donors (Lipinski definition) is 1. The predicted molar refractivity (Wildman–Crippen MR) is 68.8 cm³/mol. The van der Waals surface area contributed by atoms with Crippen molar-refractivity contribution in [3.63, 3.8) is 0 Å². The lowest BCUT2D eigenvalue weighted by Crippen LogP contribution is -2.45. The van der Waals surface area contributed by atoms with Crippen molar-refractivity contribution in [1.29, 1.82) is 0 Å². The molecule has 1 aromatic rings.